The van der Waals surface area contributed by atoms with Gasteiger partial charge in [-0.2, -0.15) is 5.10 Å². The molecule has 0 aromatic carbocycles. The molecule has 5 nitrogen and oxygen atoms in total. The summed E-state index contributed by atoms with van der Waals surface area (Å²) in [6.45, 7) is 3.15. The van der Waals surface area contributed by atoms with Crippen molar-refractivity contribution < 1.29 is 0 Å². The van der Waals surface area contributed by atoms with Gasteiger partial charge < -0.3 is 10.2 Å². The molecule has 1 aliphatic heterocycles. The molecule has 0 bridgehead atoms. The number of nitrogens with zero attached hydrogens (tertiary/aromatic N) is 3. The van der Waals surface area contributed by atoms with Crippen LogP contribution in [0.2, 0.25) is 0 Å². The first-order chi connectivity index (χ1) is 9.65. The summed E-state index contributed by atoms with van der Waals surface area (Å²) < 4.78 is 1.98. The molecule has 1 aromatic heterocycles. The van der Waals surface area contributed by atoms with Crippen molar-refractivity contribution in [1.82, 2.24) is 15.1 Å². The standard InChI is InChI=1S/C14H21BrN4O/c1-18-14(20)13(15)12(9-17-18)19-6-4-11(5-7-19)16-8-10-2-3-10/h9-11,16H,2-8H2,1H3. The molecule has 0 spiro atoms. The summed E-state index contributed by atoms with van der Waals surface area (Å²) in [5.41, 5.74) is 0.852. The Hall–Kier alpha value is -0.880. The average Bonchev–Trinajstić information content (AvgIpc) is 3.28. The van der Waals surface area contributed by atoms with E-state index in [1.165, 1.54) is 24.1 Å². The number of nitrogens with one attached hydrogen (secondary N) is 1. The molecule has 3 rings (SSSR count). The molecular weight excluding hydrogens is 320 g/mol. The number of aryl methyl sites for hydroxylation is 1. The van der Waals surface area contributed by atoms with Crippen LogP contribution in [0.4, 0.5) is 5.69 Å². The summed E-state index contributed by atoms with van der Waals surface area (Å²) >= 11 is 3.41. The highest BCUT2D eigenvalue weighted by atomic mass is 79.9. The number of hydrogen-bond acceptors (Lipinski definition) is 4. The van der Waals surface area contributed by atoms with Crippen molar-refractivity contribution in [2.24, 2.45) is 13.0 Å². The van der Waals surface area contributed by atoms with Crippen molar-refractivity contribution >= 4 is 21.6 Å². The first kappa shape index (κ1) is 14.1. The third kappa shape index (κ3) is 3.06. The Bertz CT molecular complexity index is 532. The van der Waals surface area contributed by atoms with E-state index in [4.69, 9.17) is 0 Å². The molecule has 0 atom stereocenters. The fourth-order valence-corrected chi connectivity index (χ4v) is 3.31. The van der Waals surface area contributed by atoms with Gasteiger partial charge in [0.05, 0.1) is 11.9 Å². The van der Waals surface area contributed by atoms with E-state index in [1.807, 2.05) is 0 Å². The summed E-state index contributed by atoms with van der Waals surface area (Å²) in [6, 6.07) is 0.630. The molecule has 1 N–H and O–H groups in total. The van der Waals surface area contributed by atoms with Crippen LogP contribution in [0, 0.1) is 5.92 Å². The average molecular weight is 341 g/mol. The number of anilines is 1. The van der Waals surface area contributed by atoms with E-state index in [9.17, 15) is 4.79 Å². The van der Waals surface area contributed by atoms with Gasteiger partial charge in [-0.15, -0.1) is 0 Å². The zero-order valence-electron chi connectivity index (χ0n) is 11.8. The van der Waals surface area contributed by atoms with Gasteiger partial charge in [0.25, 0.3) is 5.56 Å². The minimum Gasteiger partial charge on any atom is -0.369 e. The topological polar surface area (TPSA) is 50.2 Å². The Morgan fingerprint density at radius 2 is 2.05 bits per heavy atom. The van der Waals surface area contributed by atoms with Crippen LogP contribution in [0.25, 0.3) is 0 Å². The normalized spacial score (nSPS) is 20.4. The number of hydrogen-bond donors (Lipinski definition) is 1. The molecule has 0 radical (unpaired) electrons. The van der Waals surface area contributed by atoms with Crippen molar-refractivity contribution in [3.05, 3.63) is 21.0 Å². The van der Waals surface area contributed by atoms with Gasteiger partial charge in [-0.1, -0.05) is 0 Å². The SMILES string of the molecule is Cn1ncc(N2CCC(NCC3CC3)CC2)c(Br)c1=O. The molecule has 1 aromatic rings. The van der Waals surface area contributed by atoms with Gasteiger partial charge in [0.2, 0.25) is 0 Å². The van der Waals surface area contributed by atoms with Crippen molar-refractivity contribution in [1.29, 1.82) is 0 Å². The highest BCUT2D eigenvalue weighted by Gasteiger charge is 2.25. The second-order valence-corrected chi connectivity index (χ2v) is 6.68. The van der Waals surface area contributed by atoms with Crippen LogP contribution in [0.1, 0.15) is 25.7 Å². The second-order valence-electron chi connectivity index (χ2n) is 5.89. The summed E-state index contributed by atoms with van der Waals surface area (Å²) in [5.74, 6) is 0.934. The first-order valence-corrected chi connectivity index (χ1v) is 8.14. The summed E-state index contributed by atoms with van der Waals surface area (Å²) in [6.07, 6.45) is 6.85. The van der Waals surface area contributed by atoms with Gasteiger partial charge in [0.1, 0.15) is 4.47 Å². The lowest BCUT2D eigenvalue weighted by Gasteiger charge is -2.34. The number of piperidine rings is 1. The van der Waals surface area contributed by atoms with Gasteiger partial charge in [-0.25, -0.2) is 4.68 Å². The monoisotopic (exact) mass is 340 g/mol. The lowest BCUT2D eigenvalue weighted by atomic mass is 10.0. The fourth-order valence-electron chi connectivity index (χ4n) is 2.70. The van der Waals surface area contributed by atoms with Crippen LogP contribution in [0.5, 0.6) is 0 Å². The lowest BCUT2D eigenvalue weighted by molar-refractivity contribution is 0.408. The molecule has 1 saturated carbocycles. The predicted octanol–water partition coefficient (Wildman–Crippen LogP) is 1.51. The minimum absolute atomic E-state index is 0.0727. The van der Waals surface area contributed by atoms with Crippen LogP contribution < -0.4 is 15.8 Å². The largest absolute Gasteiger partial charge is 0.369 e. The predicted molar refractivity (Wildman–Crippen MR) is 83.1 cm³/mol. The Labute approximate surface area is 127 Å². The third-order valence-electron chi connectivity index (χ3n) is 4.29. The smallest absolute Gasteiger partial charge is 0.282 e. The fraction of sp³-hybridized carbons (Fsp3) is 0.714. The van der Waals surface area contributed by atoms with Crippen molar-refractivity contribution in [2.45, 2.75) is 31.7 Å². The third-order valence-corrected chi connectivity index (χ3v) is 5.03. The van der Waals surface area contributed by atoms with E-state index in [0.29, 0.717) is 10.5 Å². The van der Waals surface area contributed by atoms with Crippen molar-refractivity contribution in [2.75, 3.05) is 24.5 Å². The first-order valence-electron chi connectivity index (χ1n) is 7.35. The molecule has 2 fully saturated rings. The highest BCUT2D eigenvalue weighted by Crippen LogP contribution is 2.29. The van der Waals surface area contributed by atoms with Gasteiger partial charge >= 0.3 is 0 Å². The van der Waals surface area contributed by atoms with Crippen LogP contribution in [-0.2, 0) is 7.05 Å². The molecule has 0 amide bonds. The van der Waals surface area contributed by atoms with Crippen molar-refractivity contribution in [3.63, 3.8) is 0 Å². The number of rotatable bonds is 4. The maximum absolute atomic E-state index is 11.9. The molecule has 1 aliphatic carbocycles. The molecule has 2 heterocycles. The Balaban J connectivity index is 1.60. The van der Waals surface area contributed by atoms with Crippen LogP contribution in [0.3, 0.4) is 0 Å². The van der Waals surface area contributed by atoms with E-state index >= 15 is 0 Å². The lowest BCUT2D eigenvalue weighted by Crippen LogP contribution is -2.43. The Morgan fingerprint density at radius 3 is 2.70 bits per heavy atom. The Kier molecular flexibility index (Phi) is 4.12. The molecule has 0 unspecified atom stereocenters. The van der Waals surface area contributed by atoms with Crippen LogP contribution in [0.15, 0.2) is 15.5 Å². The van der Waals surface area contributed by atoms with Gasteiger partial charge in [-0.05, 0) is 54.1 Å². The van der Waals surface area contributed by atoms with Crippen molar-refractivity contribution in [3.8, 4) is 0 Å². The molecule has 6 heteroatoms. The molecule has 2 aliphatic rings. The number of halogens is 1. The summed E-state index contributed by atoms with van der Waals surface area (Å²) in [5, 5.41) is 7.79. The summed E-state index contributed by atoms with van der Waals surface area (Å²) in [4.78, 5) is 14.2. The van der Waals surface area contributed by atoms with E-state index in [0.717, 1.165) is 37.5 Å². The van der Waals surface area contributed by atoms with Crippen LogP contribution in [-0.4, -0.2) is 35.5 Å². The van der Waals surface area contributed by atoms with E-state index in [1.54, 1.807) is 13.2 Å². The molecular formula is C14H21BrN4O. The van der Waals surface area contributed by atoms with Gasteiger partial charge in [-0.3, -0.25) is 4.79 Å². The quantitative estimate of drug-likeness (QED) is 0.902. The molecule has 20 heavy (non-hydrogen) atoms. The van der Waals surface area contributed by atoms with Crippen LogP contribution >= 0.6 is 15.9 Å². The molecule has 1 saturated heterocycles. The maximum Gasteiger partial charge on any atom is 0.282 e. The minimum atomic E-state index is -0.0727. The zero-order valence-corrected chi connectivity index (χ0v) is 13.4. The zero-order chi connectivity index (χ0) is 14.1. The van der Waals surface area contributed by atoms with E-state index < -0.39 is 0 Å². The maximum atomic E-state index is 11.9. The number of aromatic nitrogens is 2. The second kappa shape index (κ2) is 5.85. The van der Waals surface area contributed by atoms with Gasteiger partial charge in [0.15, 0.2) is 0 Å². The summed E-state index contributed by atoms with van der Waals surface area (Å²) in [7, 11) is 1.67. The van der Waals surface area contributed by atoms with E-state index in [-0.39, 0.29) is 5.56 Å². The van der Waals surface area contributed by atoms with E-state index in [2.05, 4.69) is 31.2 Å². The Morgan fingerprint density at radius 1 is 1.35 bits per heavy atom. The highest BCUT2D eigenvalue weighted by molar-refractivity contribution is 9.10. The molecule has 110 valence electrons. The van der Waals surface area contributed by atoms with Gasteiger partial charge in [0, 0.05) is 26.2 Å².